The monoisotopic (exact) mass is 285 g/mol. The zero-order valence-electron chi connectivity index (χ0n) is 12.2. The number of ether oxygens (including phenoxy) is 1. The molecule has 0 aliphatic heterocycles. The minimum absolute atomic E-state index is 0.438. The van der Waals surface area contributed by atoms with Gasteiger partial charge in [-0.2, -0.15) is 0 Å². The number of carboxylic acid groups (broad SMARTS) is 1. The van der Waals surface area contributed by atoms with E-state index in [1.807, 2.05) is 37.3 Å². The van der Waals surface area contributed by atoms with E-state index in [2.05, 4.69) is 4.98 Å². The third-order valence-corrected chi connectivity index (χ3v) is 3.42. The molecular weight excluding hydrogens is 266 g/mol. The number of benzene rings is 1. The molecule has 110 valence electrons. The first-order valence-electron chi connectivity index (χ1n) is 6.85. The number of methoxy groups -OCH3 is 1. The lowest BCUT2D eigenvalue weighted by molar-refractivity contribution is -0.141. The molecule has 1 aromatic heterocycles. The minimum atomic E-state index is -0.803. The molecule has 1 atom stereocenters. The van der Waals surface area contributed by atoms with Gasteiger partial charge in [0.2, 0.25) is 0 Å². The Hall–Kier alpha value is -2.36. The Morgan fingerprint density at radius 2 is 2.05 bits per heavy atom. The molecule has 0 saturated carbocycles. The summed E-state index contributed by atoms with van der Waals surface area (Å²) in [5.41, 5.74) is 2.89. The second-order valence-electron chi connectivity index (χ2n) is 5.13. The van der Waals surface area contributed by atoms with E-state index < -0.39 is 11.9 Å². The standard InChI is InChI=1S/C17H19NO3/c1-12-7-13(11-18-10-12)8-15(17(19)20)9-14-5-3-4-6-16(14)21-2/h3-7,10-11,15H,8-9H2,1-2H3,(H,19,20). The molecule has 21 heavy (non-hydrogen) atoms. The Morgan fingerprint density at radius 3 is 2.71 bits per heavy atom. The molecule has 1 heterocycles. The van der Waals surface area contributed by atoms with Crippen molar-refractivity contribution in [1.82, 2.24) is 4.98 Å². The highest BCUT2D eigenvalue weighted by Gasteiger charge is 2.20. The van der Waals surface area contributed by atoms with Gasteiger partial charge in [0.15, 0.2) is 0 Å². The van der Waals surface area contributed by atoms with Crippen molar-refractivity contribution in [3.63, 3.8) is 0 Å². The number of rotatable bonds is 6. The number of pyridine rings is 1. The van der Waals surface area contributed by atoms with Crippen molar-refractivity contribution in [3.8, 4) is 5.75 Å². The van der Waals surface area contributed by atoms with Gasteiger partial charge < -0.3 is 9.84 Å². The molecule has 0 fully saturated rings. The molecule has 0 spiro atoms. The van der Waals surface area contributed by atoms with E-state index in [-0.39, 0.29) is 0 Å². The number of aliphatic carboxylic acids is 1. The SMILES string of the molecule is COc1ccccc1CC(Cc1cncc(C)c1)C(=O)O. The highest BCUT2D eigenvalue weighted by molar-refractivity contribution is 5.71. The molecule has 1 unspecified atom stereocenters. The number of nitrogens with zero attached hydrogens (tertiary/aromatic N) is 1. The van der Waals surface area contributed by atoms with E-state index in [0.717, 1.165) is 22.4 Å². The van der Waals surface area contributed by atoms with E-state index in [0.29, 0.717) is 12.8 Å². The second kappa shape index (κ2) is 6.88. The topological polar surface area (TPSA) is 59.4 Å². The van der Waals surface area contributed by atoms with E-state index in [1.165, 1.54) is 0 Å². The number of carboxylic acids is 1. The number of hydrogen-bond acceptors (Lipinski definition) is 3. The summed E-state index contributed by atoms with van der Waals surface area (Å²) in [5.74, 6) is -0.571. The summed E-state index contributed by atoms with van der Waals surface area (Å²) in [4.78, 5) is 15.7. The van der Waals surface area contributed by atoms with Crippen molar-refractivity contribution in [3.05, 3.63) is 59.4 Å². The molecule has 0 amide bonds. The van der Waals surface area contributed by atoms with Gasteiger partial charge in [-0.05, 0) is 42.5 Å². The van der Waals surface area contributed by atoms with Gasteiger partial charge in [-0.25, -0.2) is 0 Å². The summed E-state index contributed by atoms with van der Waals surface area (Å²) in [7, 11) is 1.60. The fourth-order valence-electron chi connectivity index (χ4n) is 2.40. The third kappa shape index (κ3) is 4.05. The van der Waals surface area contributed by atoms with Gasteiger partial charge in [-0.15, -0.1) is 0 Å². The minimum Gasteiger partial charge on any atom is -0.496 e. The summed E-state index contributed by atoms with van der Waals surface area (Å²) in [6, 6.07) is 9.50. The maximum atomic E-state index is 11.5. The normalized spacial score (nSPS) is 11.9. The molecule has 1 N–H and O–H groups in total. The predicted molar refractivity (Wildman–Crippen MR) is 80.5 cm³/mol. The van der Waals surface area contributed by atoms with Gasteiger partial charge in [-0.1, -0.05) is 24.3 Å². The lowest BCUT2D eigenvalue weighted by Crippen LogP contribution is -2.19. The van der Waals surface area contributed by atoms with Crippen LogP contribution in [0.25, 0.3) is 0 Å². The maximum absolute atomic E-state index is 11.5. The summed E-state index contributed by atoms with van der Waals surface area (Å²) in [6.45, 7) is 1.95. The largest absolute Gasteiger partial charge is 0.496 e. The van der Waals surface area contributed by atoms with E-state index in [1.54, 1.807) is 19.5 Å². The van der Waals surface area contributed by atoms with Gasteiger partial charge in [0.05, 0.1) is 13.0 Å². The van der Waals surface area contributed by atoms with E-state index in [9.17, 15) is 9.90 Å². The predicted octanol–water partition coefficient (Wildman–Crippen LogP) is 2.88. The van der Waals surface area contributed by atoms with Gasteiger partial charge in [0.1, 0.15) is 5.75 Å². The van der Waals surface area contributed by atoms with Crippen molar-refractivity contribution in [2.75, 3.05) is 7.11 Å². The van der Waals surface area contributed by atoms with Crippen LogP contribution in [0.3, 0.4) is 0 Å². The first-order valence-corrected chi connectivity index (χ1v) is 6.85. The van der Waals surface area contributed by atoms with Crippen LogP contribution in [0.4, 0.5) is 0 Å². The molecule has 2 rings (SSSR count). The fourth-order valence-corrected chi connectivity index (χ4v) is 2.40. The van der Waals surface area contributed by atoms with Crippen molar-refractivity contribution in [2.24, 2.45) is 5.92 Å². The van der Waals surface area contributed by atoms with Crippen LogP contribution in [0.5, 0.6) is 5.75 Å². The summed E-state index contributed by atoms with van der Waals surface area (Å²) in [5, 5.41) is 9.47. The maximum Gasteiger partial charge on any atom is 0.307 e. The lowest BCUT2D eigenvalue weighted by atomic mass is 9.92. The number of aryl methyl sites for hydroxylation is 1. The molecule has 0 saturated heterocycles. The first kappa shape index (κ1) is 15.0. The van der Waals surface area contributed by atoms with Crippen LogP contribution < -0.4 is 4.74 Å². The third-order valence-electron chi connectivity index (χ3n) is 3.42. The highest BCUT2D eigenvalue weighted by atomic mass is 16.5. The van der Waals surface area contributed by atoms with Gasteiger partial charge >= 0.3 is 5.97 Å². The fraction of sp³-hybridized carbons (Fsp3) is 0.294. The Bertz CT molecular complexity index is 625. The number of carbonyl (C=O) groups is 1. The molecule has 2 aromatic rings. The van der Waals surface area contributed by atoms with E-state index in [4.69, 9.17) is 4.74 Å². The van der Waals surface area contributed by atoms with Crippen molar-refractivity contribution >= 4 is 5.97 Å². The molecule has 0 aliphatic carbocycles. The Morgan fingerprint density at radius 1 is 1.29 bits per heavy atom. The Labute approximate surface area is 124 Å². The number of hydrogen-bond donors (Lipinski definition) is 1. The molecule has 1 aromatic carbocycles. The van der Waals surface area contributed by atoms with Crippen LogP contribution in [-0.2, 0) is 17.6 Å². The van der Waals surface area contributed by atoms with Crippen LogP contribution in [-0.4, -0.2) is 23.2 Å². The summed E-state index contributed by atoms with van der Waals surface area (Å²) < 4.78 is 5.29. The molecule has 0 radical (unpaired) electrons. The molecule has 4 heteroatoms. The van der Waals surface area contributed by atoms with Crippen LogP contribution >= 0.6 is 0 Å². The zero-order chi connectivity index (χ0) is 15.2. The molecule has 0 bridgehead atoms. The first-order chi connectivity index (χ1) is 10.1. The smallest absolute Gasteiger partial charge is 0.307 e. The quantitative estimate of drug-likeness (QED) is 0.886. The van der Waals surface area contributed by atoms with Crippen LogP contribution in [0.2, 0.25) is 0 Å². The van der Waals surface area contributed by atoms with Crippen LogP contribution in [0.1, 0.15) is 16.7 Å². The molecular formula is C17H19NO3. The molecule has 0 aliphatic rings. The van der Waals surface area contributed by atoms with Gasteiger partial charge in [0.25, 0.3) is 0 Å². The van der Waals surface area contributed by atoms with Crippen molar-refractivity contribution < 1.29 is 14.6 Å². The number of para-hydroxylation sites is 1. The van der Waals surface area contributed by atoms with Crippen molar-refractivity contribution in [2.45, 2.75) is 19.8 Å². The lowest BCUT2D eigenvalue weighted by Gasteiger charge is -2.15. The Kier molecular flexibility index (Phi) is 4.93. The Balaban J connectivity index is 2.18. The van der Waals surface area contributed by atoms with E-state index >= 15 is 0 Å². The van der Waals surface area contributed by atoms with Crippen LogP contribution in [0.15, 0.2) is 42.7 Å². The van der Waals surface area contributed by atoms with Crippen LogP contribution in [0, 0.1) is 12.8 Å². The second-order valence-corrected chi connectivity index (χ2v) is 5.13. The zero-order valence-corrected chi connectivity index (χ0v) is 12.2. The average Bonchev–Trinajstić information content (AvgIpc) is 2.47. The number of aromatic nitrogens is 1. The summed E-state index contributed by atoms with van der Waals surface area (Å²) >= 11 is 0. The molecule has 4 nitrogen and oxygen atoms in total. The summed E-state index contributed by atoms with van der Waals surface area (Å²) in [6.07, 6.45) is 4.39. The van der Waals surface area contributed by atoms with Gasteiger partial charge in [-0.3, -0.25) is 9.78 Å². The van der Waals surface area contributed by atoms with Crippen molar-refractivity contribution in [1.29, 1.82) is 0 Å². The van der Waals surface area contributed by atoms with Gasteiger partial charge in [0, 0.05) is 12.4 Å². The highest BCUT2D eigenvalue weighted by Crippen LogP contribution is 2.23. The average molecular weight is 285 g/mol.